The number of rotatable bonds is 7. The fourth-order valence-corrected chi connectivity index (χ4v) is 2.58. The minimum atomic E-state index is 0.655. The van der Waals surface area contributed by atoms with Crippen molar-refractivity contribution in [3.63, 3.8) is 0 Å². The first-order valence-corrected chi connectivity index (χ1v) is 7.90. The minimum absolute atomic E-state index is 0.655. The highest BCUT2D eigenvalue weighted by molar-refractivity contribution is 6.31. The molecule has 5 nitrogen and oxygen atoms in total. The highest BCUT2D eigenvalue weighted by atomic mass is 35.5. The van der Waals surface area contributed by atoms with Gasteiger partial charge in [-0.15, -0.1) is 0 Å². The van der Waals surface area contributed by atoms with E-state index in [-0.39, 0.29) is 0 Å². The zero-order chi connectivity index (χ0) is 15.4. The van der Waals surface area contributed by atoms with E-state index in [9.17, 15) is 0 Å². The maximum absolute atomic E-state index is 6.35. The van der Waals surface area contributed by atoms with Crippen molar-refractivity contribution in [3.05, 3.63) is 33.9 Å². The van der Waals surface area contributed by atoms with Gasteiger partial charge in [0.1, 0.15) is 0 Å². The topological polar surface area (TPSA) is 47.7 Å². The summed E-state index contributed by atoms with van der Waals surface area (Å²) in [6.07, 6.45) is 3.23. The molecule has 2 heterocycles. The highest BCUT2D eigenvalue weighted by Crippen LogP contribution is 2.21. The number of hydrogen-bond acceptors (Lipinski definition) is 3. The molecule has 0 bridgehead atoms. The van der Waals surface area contributed by atoms with Crippen LogP contribution in [-0.2, 0) is 19.6 Å². The van der Waals surface area contributed by atoms with Gasteiger partial charge < -0.3 is 5.32 Å². The second kappa shape index (κ2) is 7.09. The third-order valence-corrected chi connectivity index (χ3v) is 4.05. The number of hydrogen-bond donors (Lipinski definition) is 1. The van der Waals surface area contributed by atoms with Crippen molar-refractivity contribution in [1.82, 2.24) is 24.9 Å². The highest BCUT2D eigenvalue weighted by Gasteiger charge is 2.14. The molecule has 2 aromatic rings. The van der Waals surface area contributed by atoms with Gasteiger partial charge in [-0.05, 0) is 33.7 Å². The molecule has 0 amide bonds. The predicted octanol–water partition coefficient (Wildman–Crippen LogP) is 2.92. The molecule has 0 atom stereocenters. The molecule has 0 aliphatic carbocycles. The molecule has 0 fully saturated rings. The Balaban J connectivity index is 2.15. The van der Waals surface area contributed by atoms with Crippen molar-refractivity contribution in [1.29, 1.82) is 0 Å². The summed E-state index contributed by atoms with van der Waals surface area (Å²) < 4.78 is 3.90. The summed E-state index contributed by atoms with van der Waals surface area (Å²) in [6, 6.07) is 0. The third-order valence-electron chi connectivity index (χ3n) is 3.55. The zero-order valence-electron chi connectivity index (χ0n) is 13.3. The molecule has 1 N–H and O–H groups in total. The molecule has 0 spiro atoms. The summed E-state index contributed by atoms with van der Waals surface area (Å²) in [7, 11) is 0. The van der Waals surface area contributed by atoms with Gasteiger partial charge in [0.25, 0.3) is 0 Å². The van der Waals surface area contributed by atoms with Crippen LogP contribution in [0.5, 0.6) is 0 Å². The summed E-state index contributed by atoms with van der Waals surface area (Å²) in [6.45, 7) is 11.6. The molecule has 2 rings (SSSR count). The van der Waals surface area contributed by atoms with E-state index in [1.807, 2.05) is 23.2 Å². The molecule has 116 valence electrons. The van der Waals surface area contributed by atoms with Crippen molar-refractivity contribution in [3.8, 4) is 0 Å². The Morgan fingerprint density at radius 3 is 2.62 bits per heavy atom. The number of halogens is 1. The van der Waals surface area contributed by atoms with Gasteiger partial charge in [0.05, 0.1) is 28.6 Å². The fourth-order valence-electron chi connectivity index (χ4n) is 2.39. The van der Waals surface area contributed by atoms with Crippen molar-refractivity contribution in [2.45, 2.75) is 53.8 Å². The summed E-state index contributed by atoms with van der Waals surface area (Å²) in [5.41, 5.74) is 4.20. The number of aryl methyl sites for hydroxylation is 3. The minimum Gasteiger partial charge on any atom is -0.313 e. The van der Waals surface area contributed by atoms with E-state index in [1.54, 1.807) is 0 Å². The van der Waals surface area contributed by atoms with Gasteiger partial charge in [0.2, 0.25) is 0 Å². The molecule has 21 heavy (non-hydrogen) atoms. The van der Waals surface area contributed by atoms with E-state index in [0.29, 0.717) is 6.54 Å². The SMILES string of the molecule is CCCNCc1cn(Cc2c(Cl)c(C)nn2CC)nc1C. The molecular formula is C15H24ClN5. The Kier molecular flexibility index (Phi) is 5.42. The van der Waals surface area contributed by atoms with Crippen LogP contribution in [0.4, 0.5) is 0 Å². The molecule has 6 heteroatoms. The molecule has 0 aliphatic heterocycles. The van der Waals surface area contributed by atoms with E-state index in [1.165, 1.54) is 5.56 Å². The van der Waals surface area contributed by atoms with Crippen LogP contribution < -0.4 is 5.32 Å². The van der Waals surface area contributed by atoms with E-state index in [4.69, 9.17) is 11.6 Å². The van der Waals surface area contributed by atoms with Crippen LogP contribution >= 0.6 is 11.6 Å². The van der Waals surface area contributed by atoms with Gasteiger partial charge in [0.15, 0.2) is 0 Å². The van der Waals surface area contributed by atoms with Crippen molar-refractivity contribution in [2.24, 2.45) is 0 Å². The first-order chi connectivity index (χ1) is 10.1. The first-order valence-electron chi connectivity index (χ1n) is 7.52. The second-order valence-corrected chi connectivity index (χ2v) is 5.65. The van der Waals surface area contributed by atoms with E-state index in [0.717, 1.165) is 48.2 Å². The second-order valence-electron chi connectivity index (χ2n) is 5.28. The average molecular weight is 310 g/mol. The molecule has 0 saturated heterocycles. The van der Waals surface area contributed by atoms with E-state index < -0.39 is 0 Å². The molecule has 2 aromatic heterocycles. The first kappa shape index (κ1) is 16.0. The Morgan fingerprint density at radius 1 is 1.19 bits per heavy atom. The number of aromatic nitrogens is 4. The van der Waals surface area contributed by atoms with Crippen LogP contribution in [0.25, 0.3) is 0 Å². The lowest BCUT2D eigenvalue weighted by Crippen LogP contribution is -2.14. The van der Waals surface area contributed by atoms with E-state index in [2.05, 4.69) is 35.6 Å². The largest absolute Gasteiger partial charge is 0.313 e. The maximum atomic E-state index is 6.35. The van der Waals surface area contributed by atoms with Gasteiger partial charge in [-0.25, -0.2) is 0 Å². The lowest BCUT2D eigenvalue weighted by molar-refractivity contribution is 0.573. The number of nitrogens with zero attached hydrogens (tertiary/aromatic N) is 4. The Labute approximate surface area is 131 Å². The molecular weight excluding hydrogens is 286 g/mol. The maximum Gasteiger partial charge on any atom is 0.0866 e. The third kappa shape index (κ3) is 3.66. The summed E-state index contributed by atoms with van der Waals surface area (Å²) in [5.74, 6) is 0. The van der Waals surface area contributed by atoms with Gasteiger partial charge >= 0.3 is 0 Å². The monoisotopic (exact) mass is 309 g/mol. The molecule has 0 unspecified atom stereocenters. The van der Waals surface area contributed by atoms with E-state index >= 15 is 0 Å². The van der Waals surface area contributed by atoms with Crippen molar-refractivity contribution < 1.29 is 0 Å². The van der Waals surface area contributed by atoms with Crippen LogP contribution in [0.3, 0.4) is 0 Å². The van der Waals surface area contributed by atoms with Gasteiger partial charge in [-0.1, -0.05) is 18.5 Å². The molecule has 0 aliphatic rings. The van der Waals surface area contributed by atoms with Crippen LogP contribution in [0.1, 0.15) is 42.9 Å². The summed E-state index contributed by atoms with van der Waals surface area (Å²) in [5, 5.41) is 13.2. The standard InChI is InChI=1S/C15H24ClN5/c1-5-7-17-8-13-9-20(18-11(13)3)10-14-15(16)12(4)19-21(14)6-2/h9,17H,5-8,10H2,1-4H3. The van der Waals surface area contributed by atoms with Crippen LogP contribution in [-0.4, -0.2) is 26.1 Å². The Hall–Kier alpha value is -1.33. The van der Waals surface area contributed by atoms with Gasteiger partial charge in [-0.2, -0.15) is 10.2 Å². The van der Waals surface area contributed by atoms with Crippen LogP contribution in [0.15, 0.2) is 6.20 Å². The van der Waals surface area contributed by atoms with Crippen LogP contribution in [0, 0.1) is 13.8 Å². The van der Waals surface area contributed by atoms with Crippen molar-refractivity contribution >= 4 is 11.6 Å². The van der Waals surface area contributed by atoms with Gasteiger partial charge in [0, 0.05) is 24.8 Å². The predicted molar refractivity (Wildman–Crippen MR) is 85.7 cm³/mol. The quantitative estimate of drug-likeness (QED) is 0.800. The Morgan fingerprint density at radius 2 is 1.95 bits per heavy atom. The summed E-state index contributed by atoms with van der Waals surface area (Å²) >= 11 is 6.35. The molecule has 0 saturated carbocycles. The summed E-state index contributed by atoms with van der Waals surface area (Å²) in [4.78, 5) is 0. The fraction of sp³-hybridized carbons (Fsp3) is 0.600. The smallest absolute Gasteiger partial charge is 0.0866 e. The van der Waals surface area contributed by atoms with Crippen molar-refractivity contribution in [2.75, 3.05) is 6.54 Å². The zero-order valence-corrected chi connectivity index (χ0v) is 14.0. The lowest BCUT2D eigenvalue weighted by Gasteiger charge is -2.05. The Bertz CT molecular complexity index is 599. The number of nitrogens with one attached hydrogen (secondary N) is 1. The normalized spacial score (nSPS) is 11.3. The molecule has 0 aromatic carbocycles. The lowest BCUT2D eigenvalue weighted by atomic mass is 10.2. The van der Waals surface area contributed by atoms with Gasteiger partial charge in [-0.3, -0.25) is 9.36 Å². The molecule has 0 radical (unpaired) electrons. The average Bonchev–Trinajstić information content (AvgIpc) is 2.94. The van der Waals surface area contributed by atoms with Crippen LogP contribution in [0.2, 0.25) is 5.02 Å².